The number of nitrogens with one attached hydrogen (secondary N) is 2. The third kappa shape index (κ3) is 6.40. The maximum absolute atomic E-state index is 13.5. The van der Waals surface area contributed by atoms with Crippen LogP contribution in [0.1, 0.15) is 53.6 Å². The number of dihydropyridines is 1. The van der Waals surface area contributed by atoms with Gasteiger partial charge < -0.3 is 10.6 Å². The molecule has 1 aromatic heterocycles. The number of aromatic nitrogens is 1. The van der Waals surface area contributed by atoms with E-state index in [2.05, 4.69) is 63.1 Å². The number of likely N-dealkylation sites (tertiary alicyclic amines) is 1. The average Bonchev–Trinajstić information content (AvgIpc) is 3.22. The van der Waals surface area contributed by atoms with Gasteiger partial charge in [0.2, 0.25) is 0 Å². The molecule has 0 unspecified atom stereocenters. The zero-order valence-corrected chi connectivity index (χ0v) is 23.0. The number of aliphatic imine (C=N–C) groups is 1. The minimum Gasteiger partial charge on any atom is -0.387 e. The van der Waals surface area contributed by atoms with E-state index in [1.807, 2.05) is 30.3 Å². The van der Waals surface area contributed by atoms with E-state index in [4.69, 9.17) is 4.99 Å². The van der Waals surface area contributed by atoms with Crippen molar-refractivity contribution in [1.82, 2.24) is 15.2 Å². The van der Waals surface area contributed by atoms with Gasteiger partial charge in [-0.2, -0.15) is 0 Å². The summed E-state index contributed by atoms with van der Waals surface area (Å²) in [6, 6.07) is 20.7. The summed E-state index contributed by atoms with van der Waals surface area (Å²) in [7, 11) is 0. The molecule has 4 heterocycles. The van der Waals surface area contributed by atoms with Crippen LogP contribution in [0.15, 0.2) is 89.7 Å². The van der Waals surface area contributed by atoms with Crippen molar-refractivity contribution in [3.05, 3.63) is 113 Å². The summed E-state index contributed by atoms with van der Waals surface area (Å²) in [5.41, 5.74) is 9.19. The van der Waals surface area contributed by atoms with Crippen molar-refractivity contribution in [3.63, 3.8) is 0 Å². The maximum Gasteiger partial charge on any atom is 0.274 e. The lowest BCUT2D eigenvalue weighted by Crippen LogP contribution is -2.32. The zero-order valence-electron chi connectivity index (χ0n) is 23.0. The van der Waals surface area contributed by atoms with E-state index < -0.39 is 0 Å². The van der Waals surface area contributed by atoms with Gasteiger partial charge in [-0.05, 0) is 84.8 Å². The second-order valence-corrected chi connectivity index (χ2v) is 11.0. The number of hydrogen-bond acceptors (Lipinski definition) is 5. The molecular formula is C34H37N5O. The standard InChI is InChI=1S/C34H37N5O/c40-34(38-31-14-13-30(37-23-31)19-25-8-3-1-4-9-25)33-32-20-28(12-11-27(32)10-7-15-36-33)29-18-26(21-35-22-29)24-39-16-5-2-6-17-39/h1,3-4,8-9,11-14,18,20-21,23,35H,2,5-7,10,15-17,19,22,24H2,(H,38,40). The van der Waals surface area contributed by atoms with Crippen LogP contribution in [0.5, 0.6) is 0 Å². The van der Waals surface area contributed by atoms with Crippen LogP contribution < -0.4 is 10.6 Å². The molecule has 1 saturated heterocycles. The Morgan fingerprint density at radius 2 is 1.85 bits per heavy atom. The van der Waals surface area contributed by atoms with Crippen LogP contribution >= 0.6 is 0 Å². The smallest absolute Gasteiger partial charge is 0.274 e. The average molecular weight is 532 g/mol. The molecule has 0 atom stereocenters. The van der Waals surface area contributed by atoms with E-state index in [1.165, 1.54) is 54.6 Å². The molecule has 0 bridgehead atoms. The summed E-state index contributed by atoms with van der Waals surface area (Å²) in [4.78, 5) is 25.4. The van der Waals surface area contributed by atoms with Crippen molar-refractivity contribution in [2.45, 2.75) is 38.5 Å². The number of amides is 1. The van der Waals surface area contributed by atoms with Crippen LogP contribution in [-0.2, 0) is 17.6 Å². The molecule has 3 aliphatic heterocycles. The number of pyridine rings is 1. The van der Waals surface area contributed by atoms with Crippen molar-refractivity contribution < 1.29 is 4.79 Å². The minimum atomic E-state index is -0.181. The van der Waals surface area contributed by atoms with Gasteiger partial charge in [-0.25, -0.2) is 0 Å². The number of anilines is 1. The van der Waals surface area contributed by atoms with Crippen LogP contribution in [0.2, 0.25) is 0 Å². The fraction of sp³-hybridized carbons (Fsp3) is 0.324. The molecule has 0 saturated carbocycles. The highest BCUT2D eigenvalue weighted by atomic mass is 16.1. The first-order valence-corrected chi connectivity index (χ1v) is 14.5. The molecule has 0 spiro atoms. The van der Waals surface area contributed by atoms with Gasteiger partial charge in [-0.1, -0.05) is 55.0 Å². The monoisotopic (exact) mass is 531 g/mol. The van der Waals surface area contributed by atoms with Gasteiger partial charge in [0, 0.05) is 43.5 Å². The quantitative estimate of drug-likeness (QED) is 0.428. The van der Waals surface area contributed by atoms with Crippen molar-refractivity contribution in [2.75, 3.05) is 38.0 Å². The summed E-state index contributed by atoms with van der Waals surface area (Å²) in [6.07, 6.45) is 12.8. The summed E-state index contributed by atoms with van der Waals surface area (Å²) in [6.45, 7) is 4.77. The lowest BCUT2D eigenvalue weighted by atomic mass is 9.93. The van der Waals surface area contributed by atoms with Crippen LogP contribution in [0.25, 0.3) is 5.57 Å². The Hall–Kier alpha value is -4.03. The Kier molecular flexibility index (Phi) is 8.15. The number of benzene rings is 2. The number of hydrogen-bond donors (Lipinski definition) is 2. The molecule has 3 aliphatic rings. The number of rotatable bonds is 7. The SMILES string of the molecule is O=C(Nc1ccc(Cc2ccccc2)nc1)C1=NCCCc2ccc(C3=CC(CN4CCCCC4)=CNC3)cc21. The predicted octanol–water partition coefficient (Wildman–Crippen LogP) is 5.40. The summed E-state index contributed by atoms with van der Waals surface area (Å²) >= 11 is 0. The zero-order chi connectivity index (χ0) is 27.1. The number of carbonyl (C=O) groups excluding carboxylic acids is 1. The third-order valence-corrected chi connectivity index (χ3v) is 7.93. The number of piperidine rings is 1. The van der Waals surface area contributed by atoms with Crippen LogP contribution in [-0.4, -0.2) is 54.2 Å². The number of aryl methyl sites for hydroxylation is 1. The highest BCUT2D eigenvalue weighted by Crippen LogP contribution is 2.26. The lowest BCUT2D eigenvalue weighted by molar-refractivity contribution is -0.110. The molecule has 0 aliphatic carbocycles. The molecule has 1 fully saturated rings. The van der Waals surface area contributed by atoms with E-state index >= 15 is 0 Å². The van der Waals surface area contributed by atoms with Crippen LogP contribution in [0, 0.1) is 0 Å². The molecular weight excluding hydrogens is 494 g/mol. The van der Waals surface area contributed by atoms with Gasteiger partial charge in [-0.3, -0.25) is 19.7 Å². The normalized spacial score (nSPS) is 17.4. The second kappa shape index (κ2) is 12.4. The molecule has 2 N–H and O–H groups in total. The van der Waals surface area contributed by atoms with Gasteiger partial charge >= 0.3 is 0 Å². The molecule has 6 heteroatoms. The molecule has 6 rings (SSSR count). The predicted molar refractivity (Wildman–Crippen MR) is 163 cm³/mol. The molecule has 6 nitrogen and oxygen atoms in total. The largest absolute Gasteiger partial charge is 0.387 e. The fourth-order valence-corrected chi connectivity index (χ4v) is 5.81. The van der Waals surface area contributed by atoms with Crippen LogP contribution in [0.3, 0.4) is 0 Å². The van der Waals surface area contributed by atoms with Crippen LogP contribution in [0.4, 0.5) is 5.69 Å². The number of fused-ring (bicyclic) bond motifs is 1. The summed E-state index contributed by atoms with van der Waals surface area (Å²) < 4.78 is 0. The molecule has 204 valence electrons. The Morgan fingerprint density at radius 1 is 0.975 bits per heavy atom. The van der Waals surface area contributed by atoms with Gasteiger partial charge in [0.1, 0.15) is 5.71 Å². The van der Waals surface area contributed by atoms with Crippen molar-refractivity contribution >= 4 is 22.9 Å². The highest BCUT2D eigenvalue weighted by molar-refractivity contribution is 6.49. The molecule has 0 radical (unpaired) electrons. The first-order chi connectivity index (χ1) is 19.7. The van der Waals surface area contributed by atoms with Crippen molar-refractivity contribution in [2.24, 2.45) is 4.99 Å². The molecule has 1 amide bonds. The maximum atomic E-state index is 13.5. The van der Waals surface area contributed by atoms with Gasteiger partial charge in [0.05, 0.1) is 11.9 Å². The first-order valence-electron chi connectivity index (χ1n) is 14.5. The Morgan fingerprint density at radius 3 is 2.67 bits per heavy atom. The van der Waals surface area contributed by atoms with E-state index in [9.17, 15) is 4.79 Å². The Bertz CT molecular complexity index is 1430. The summed E-state index contributed by atoms with van der Waals surface area (Å²) in [5, 5.41) is 6.53. The fourth-order valence-electron chi connectivity index (χ4n) is 5.81. The highest BCUT2D eigenvalue weighted by Gasteiger charge is 2.22. The first kappa shape index (κ1) is 26.2. The van der Waals surface area contributed by atoms with E-state index in [0.29, 0.717) is 17.9 Å². The second-order valence-electron chi connectivity index (χ2n) is 11.0. The van der Waals surface area contributed by atoms with E-state index in [-0.39, 0.29) is 5.91 Å². The van der Waals surface area contributed by atoms with Gasteiger partial charge in [0.15, 0.2) is 0 Å². The van der Waals surface area contributed by atoms with Gasteiger partial charge in [0.25, 0.3) is 5.91 Å². The number of carbonyl (C=O) groups is 1. The Labute approximate surface area is 236 Å². The topological polar surface area (TPSA) is 69.6 Å². The minimum absolute atomic E-state index is 0.181. The number of nitrogens with zero attached hydrogens (tertiary/aromatic N) is 3. The van der Waals surface area contributed by atoms with Crippen molar-refractivity contribution in [3.8, 4) is 0 Å². The van der Waals surface area contributed by atoms with E-state index in [1.54, 1.807) is 6.20 Å². The van der Waals surface area contributed by atoms with Crippen molar-refractivity contribution in [1.29, 1.82) is 0 Å². The lowest BCUT2D eigenvalue weighted by Gasteiger charge is -2.28. The third-order valence-electron chi connectivity index (χ3n) is 7.93. The summed E-state index contributed by atoms with van der Waals surface area (Å²) in [5.74, 6) is -0.181. The molecule has 2 aromatic carbocycles. The van der Waals surface area contributed by atoms with E-state index in [0.717, 1.165) is 49.2 Å². The Balaban J connectivity index is 1.18. The van der Waals surface area contributed by atoms with Gasteiger partial charge in [-0.15, -0.1) is 0 Å². The molecule has 40 heavy (non-hydrogen) atoms. The molecule has 3 aromatic rings.